The molecular formula is C17H26N2O2. The van der Waals surface area contributed by atoms with Crippen molar-refractivity contribution in [2.45, 2.75) is 39.7 Å². The minimum atomic E-state index is -0.0788. The van der Waals surface area contributed by atoms with Crippen LogP contribution in [0.25, 0.3) is 0 Å². The van der Waals surface area contributed by atoms with Crippen LogP contribution in [0, 0.1) is 19.3 Å². The average molecular weight is 290 g/mol. The Labute approximate surface area is 127 Å². The second-order valence-electron chi connectivity index (χ2n) is 6.49. The number of hydrogen-bond acceptors (Lipinski definition) is 2. The lowest BCUT2D eigenvalue weighted by atomic mass is 9.97. The van der Waals surface area contributed by atoms with E-state index >= 15 is 0 Å². The molecule has 2 rings (SSSR count). The van der Waals surface area contributed by atoms with Gasteiger partial charge in [-0.15, -0.1) is 0 Å². The molecule has 4 heteroatoms. The van der Waals surface area contributed by atoms with E-state index in [1.165, 1.54) is 16.7 Å². The zero-order valence-corrected chi connectivity index (χ0v) is 13.4. The van der Waals surface area contributed by atoms with Crippen LogP contribution in [0.4, 0.5) is 4.79 Å². The lowest BCUT2D eigenvalue weighted by Crippen LogP contribution is -2.42. The van der Waals surface area contributed by atoms with Crippen LogP contribution in [0.2, 0.25) is 0 Å². The third kappa shape index (κ3) is 3.56. The van der Waals surface area contributed by atoms with Crippen molar-refractivity contribution in [2.24, 2.45) is 5.41 Å². The molecule has 1 aromatic carbocycles. The number of urea groups is 1. The van der Waals surface area contributed by atoms with Gasteiger partial charge in [0.2, 0.25) is 0 Å². The summed E-state index contributed by atoms with van der Waals surface area (Å²) in [5.74, 6) is 0. The molecule has 0 unspecified atom stereocenters. The highest BCUT2D eigenvalue weighted by atomic mass is 16.3. The smallest absolute Gasteiger partial charge is 0.317 e. The number of carbonyl (C=O) groups excluding carboxylic acids is 1. The lowest BCUT2D eigenvalue weighted by Gasteiger charge is -2.26. The van der Waals surface area contributed by atoms with Gasteiger partial charge in [-0.1, -0.05) is 18.2 Å². The molecule has 0 saturated heterocycles. The molecule has 0 aromatic heterocycles. The Balaban J connectivity index is 1.99. The van der Waals surface area contributed by atoms with Gasteiger partial charge in [0.25, 0.3) is 0 Å². The van der Waals surface area contributed by atoms with Crippen LogP contribution in [0.3, 0.4) is 0 Å². The van der Waals surface area contributed by atoms with Gasteiger partial charge in [-0.3, -0.25) is 0 Å². The maximum atomic E-state index is 12.3. The number of amides is 2. The summed E-state index contributed by atoms with van der Waals surface area (Å²) in [6, 6.07) is 6.07. The summed E-state index contributed by atoms with van der Waals surface area (Å²) >= 11 is 0. The second kappa shape index (κ2) is 6.06. The van der Waals surface area contributed by atoms with E-state index in [-0.39, 0.29) is 24.1 Å². The molecule has 2 amide bonds. The van der Waals surface area contributed by atoms with Crippen LogP contribution in [0.1, 0.15) is 42.5 Å². The predicted octanol–water partition coefficient (Wildman–Crippen LogP) is 2.78. The van der Waals surface area contributed by atoms with Crippen molar-refractivity contribution >= 4 is 6.03 Å². The van der Waals surface area contributed by atoms with Gasteiger partial charge in [-0.2, -0.15) is 0 Å². The summed E-state index contributed by atoms with van der Waals surface area (Å²) in [4.78, 5) is 14.0. The fourth-order valence-electron chi connectivity index (χ4n) is 3.00. The number of aryl methyl sites for hydroxylation is 2. The van der Waals surface area contributed by atoms with Gasteiger partial charge in [-0.25, -0.2) is 4.79 Å². The van der Waals surface area contributed by atoms with E-state index < -0.39 is 0 Å². The standard InChI is InChI=1S/C17H26N2O2/c1-12-6-5-7-13(2)15(12)14(3)18-16(21)19(4)10-17(11-20)8-9-17/h5-7,14,20H,8-11H2,1-4H3,(H,18,21)/t14-/m0/s1. The molecule has 0 heterocycles. The number of nitrogens with one attached hydrogen (secondary N) is 1. The Morgan fingerprint density at radius 3 is 2.43 bits per heavy atom. The molecular weight excluding hydrogens is 264 g/mol. The summed E-state index contributed by atoms with van der Waals surface area (Å²) in [5, 5.41) is 12.4. The van der Waals surface area contributed by atoms with Gasteiger partial charge in [0.05, 0.1) is 12.6 Å². The summed E-state index contributed by atoms with van der Waals surface area (Å²) in [7, 11) is 1.79. The van der Waals surface area contributed by atoms with E-state index in [4.69, 9.17) is 0 Å². The van der Waals surface area contributed by atoms with Crippen molar-refractivity contribution in [3.63, 3.8) is 0 Å². The van der Waals surface area contributed by atoms with Gasteiger partial charge in [0, 0.05) is 19.0 Å². The lowest BCUT2D eigenvalue weighted by molar-refractivity contribution is 0.160. The molecule has 1 saturated carbocycles. The highest BCUT2D eigenvalue weighted by Crippen LogP contribution is 2.45. The van der Waals surface area contributed by atoms with E-state index in [1.807, 2.05) is 13.0 Å². The molecule has 0 radical (unpaired) electrons. The fourth-order valence-corrected chi connectivity index (χ4v) is 3.00. The number of carbonyl (C=O) groups is 1. The van der Waals surface area contributed by atoms with Crippen molar-refractivity contribution in [3.05, 3.63) is 34.9 Å². The summed E-state index contributed by atoms with van der Waals surface area (Å²) in [5.41, 5.74) is 3.52. The number of nitrogens with zero attached hydrogens (tertiary/aromatic N) is 1. The number of aliphatic hydroxyl groups is 1. The zero-order chi connectivity index (χ0) is 15.6. The van der Waals surface area contributed by atoms with Gasteiger partial charge in [0.15, 0.2) is 0 Å². The topological polar surface area (TPSA) is 52.6 Å². The maximum absolute atomic E-state index is 12.3. The van der Waals surface area contributed by atoms with Crippen molar-refractivity contribution in [1.29, 1.82) is 0 Å². The molecule has 0 spiro atoms. The Morgan fingerprint density at radius 2 is 1.95 bits per heavy atom. The van der Waals surface area contributed by atoms with E-state index in [0.29, 0.717) is 6.54 Å². The largest absolute Gasteiger partial charge is 0.396 e. The molecule has 1 aliphatic rings. The molecule has 4 nitrogen and oxygen atoms in total. The van der Waals surface area contributed by atoms with Crippen LogP contribution in [0.5, 0.6) is 0 Å². The molecule has 0 aliphatic heterocycles. The first-order chi connectivity index (χ1) is 9.88. The van der Waals surface area contributed by atoms with E-state index in [2.05, 4.69) is 31.3 Å². The van der Waals surface area contributed by atoms with Crippen molar-refractivity contribution in [2.75, 3.05) is 20.2 Å². The molecule has 21 heavy (non-hydrogen) atoms. The highest BCUT2D eigenvalue weighted by Gasteiger charge is 2.43. The Morgan fingerprint density at radius 1 is 1.38 bits per heavy atom. The van der Waals surface area contributed by atoms with Gasteiger partial charge < -0.3 is 15.3 Å². The van der Waals surface area contributed by atoms with Crippen molar-refractivity contribution < 1.29 is 9.90 Å². The van der Waals surface area contributed by atoms with Crippen LogP contribution >= 0.6 is 0 Å². The zero-order valence-electron chi connectivity index (χ0n) is 13.4. The first-order valence-corrected chi connectivity index (χ1v) is 7.57. The maximum Gasteiger partial charge on any atom is 0.317 e. The van der Waals surface area contributed by atoms with Crippen LogP contribution in [-0.4, -0.2) is 36.2 Å². The highest BCUT2D eigenvalue weighted by molar-refractivity contribution is 5.74. The van der Waals surface area contributed by atoms with Gasteiger partial charge in [-0.05, 0) is 50.3 Å². The molecule has 1 aliphatic carbocycles. The van der Waals surface area contributed by atoms with Crippen LogP contribution < -0.4 is 5.32 Å². The number of benzene rings is 1. The predicted molar refractivity (Wildman–Crippen MR) is 84.2 cm³/mol. The number of aliphatic hydroxyl groups excluding tert-OH is 1. The average Bonchev–Trinajstić information content (AvgIpc) is 3.18. The SMILES string of the molecule is Cc1cccc(C)c1[C@H](C)NC(=O)N(C)CC1(CO)CC1. The summed E-state index contributed by atoms with van der Waals surface area (Å²) in [6.45, 7) is 6.94. The Bertz CT molecular complexity index is 503. The fraction of sp³-hybridized carbons (Fsp3) is 0.588. The van der Waals surface area contributed by atoms with Crippen molar-refractivity contribution in [1.82, 2.24) is 10.2 Å². The Hall–Kier alpha value is -1.55. The normalized spacial score (nSPS) is 17.2. The molecule has 1 fully saturated rings. The van der Waals surface area contributed by atoms with Crippen molar-refractivity contribution in [3.8, 4) is 0 Å². The Kier molecular flexibility index (Phi) is 4.57. The van der Waals surface area contributed by atoms with E-state index in [1.54, 1.807) is 11.9 Å². The molecule has 1 atom stereocenters. The first kappa shape index (κ1) is 15.8. The summed E-state index contributed by atoms with van der Waals surface area (Å²) in [6.07, 6.45) is 2.02. The molecule has 1 aromatic rings. The molecule has 116 valence electrons. The third-order valence-corrected chi connectivity index (χ3v) is 4.53. The summed E-state index contributed by atoms with van der Waals surface area (Å²) < 4.78 is 0. The van der Waals surface area contributed by atoms with E-state index in [9.17, 15) is 9.90 Å². The monoisotopic (exact) mass is 290 g/mol. The minimum Gasteiger partial charge on any atom is -0.396 e. The second-order valence-corrected chi connectivity index (χ2v) is 6.49. The number of hydrogen-bond donors (Lipinski definition) is 2. The molecule has 0 bridgehead atoms. The van der Waals surface area contributed by atoms with Gasteiger partial charge in [0.1, 0.15) is 0 Å². The number of rotatable bonds is 5. The van der Waals surface area contributed by atoms with Gasteiger partial charge >= 0.3 is 6.03 Å². The molecule has 2 N–H and O–H groups in total. The third-order valence-electron chi connectivity index (χ3n) is 4.53. The minimum absolute atomic E-state index is 0.0228. The van der Waals surface area contributed by atoms with Crippen LogP contribution in [0.15, 0.2) is 18.2 Å². The van der Waals surface area contributed by atoms with E-state index in [0.717, 1.165) is 12.8 Å². The first-order valence-electron chi connectivity index (χ1n) is 7.57. The quantitative estimate of drug-likeness (QED) is 0.876. The van der Waals surface area contributed by atoms with Crippen LogP contribution in [-0.2, 0) is 0 Å².